The van der Waals surface area contributed by atoms with Gasteiger partial charge in [0.05, 0.1) is 11.9 Å². The molecule has 0 saturated heterocycles. The number of aryl methyl sites for hydroxylation is 1. The summed E-state index contributed by atoms with van der Waals surface area (Å²) in [7, 11) is 0. The summed E-state index contributed by atoms with van der Waals surface area (Å²) in [5, 5.41) is 7.46. The Morgan fingerprint density at radius 1 is 1.35 bits per heavy atom. The summed E-state index contributed by atoms with van der Waals surface area (Å²) >= 11 is 3.35. The van der Waals surface area contributed by atoms with Crippen LogP contribution in [0.25, 0.3) is 0 Å². The zero-order valence-corrected chi connectivity index (χ0v) is 13.2. The second-order valence-electron chi connectivity index (χ2n) is 4.73. The first-order chi connectivity index (χ1) is 9.61. The highest BCUT2D eigenvalue weighted by atomic mass is 79.9. The average Bonchev–Trinajstić information content (AvgIpc) is 2.45. The van der Waals surface area contributed by atoms with Crippen LogP contribution < -0.4 is 10.9 Å². The Morgan fingerprint density at radius 2 is 2.05 bits per heavy atom. The predicted octanol–water partition coefficient (Wildman–Crippen LogP) is 3.07. The van der Waals surface area contributed by atoms with Crippen molar-refractivity contribution in [2.45, 2.75) is 32.9 Å². The number of aromatic nitrogens is 2. The highest BCUT2D eigenvalue weighted by molar-refractivity contribution is 9.10. The van der Waals surface area contributed by atoms with Gasteiger partial charge >= 0.3 is 0 Å². The van der Waals surface area contributed by atoms with Gasteiger partial charge in [-0.1, -0.05) is 30.3 Å². The normalized spacial score (nSPS) is 12.2. The van der Waals surface area contributed by atoms with E-state index in [9.17, 15) is 4.79 Å². The molecule has 0 amide bonds. The first kappa shape index (κ1) is 14.8. The van der Waals surface area contributed by atoms with Gasteiger partial charge < -0.3 is 5.32 Å². The van der Waals surface area contributed by atoms with Crippen LogP contribution in [0.4, 0.5) is 5.69 Å². The fourth-order valence-corrected chi connectivity index (χ4v) is 2.50. The molecule has 106 valence electrons. The first-order valence-electron chi connectivity index (χ1n) is 6.68. The largest absolute Gasteiger partial charge is 0.380 e. The fourth-order valence-electron chi connectivity index (χ4n) is 2.08. The molecule has 20 heavy (non-hydrogen) atoms. The van der Waals surface area contributed by atoms with Crippen molar-refractivity contribution in [2.24, 2.45) is 0 Å². The Hall–Kier alpha value is -1.62. The summed E-state index contributed by atoms with van der Waals surface area (Å²) in [4.78, 5) is 12.0. The third-order valence-electron chi connectivity index (χ3n) is 3.07. The quantitative estimate of drug-likeness (QED) is 0.913. The van der Waals surface area contributed by atoms with E-state index in [0.717, 1.165) is 12.1 Å². The minimum absolute atomic E-state index is 0.107. The molecule has 0 bridgehead atoms. The van der Waals surface area contributed by atoms with E-state index >= 15 is 0 Å². The number of hydrogen-bond donors (Lipinski definition) is 1. The zero-order chi connectivity index (χ0) is 14.5. The van der Waals surface area contributed by atoms with E-state index in [0.29, 0.717) is 11.0 Å². The van der Waals surface area contributed by atoms with Gasteiger partial charge in [0.15, 0.2) is 0 Å². The molecular formula is C15H18BrN3O. The molecule has 1 unspecified atom stereocenters. The van der Waals surface area contributed by atoms with E-state index in [1.807, 2.05) is 25.1 Å². The van der Waals surface area contributed by atoms with E-state index in [-0.39, 0.29) is 11.6 Å². The predicted molar refractivity (Wildman–Crippen MR) is 85.1 cm³/mol. The summed E-state index contributed by atoms with van der Waals surface area (Å²) < 4.78 is 1.96. The van der Waals surface area contributed by atoms with Crippen molar-refractivity contribution in [1.82, 2.24) is 9.78 Å². The smallest absolute Gasteiger partial charge is 0.283 e. The van der Waals surface area contributed by atoms with Gasteiger partial charge in [-0.15, -0.1) is 0 Å². The third-order valence-corrected chi connectivity index (χ3v) is 3.84. The minimum Gasteiger partial charge on any atom is -0.380 e. The van der Waals surface area contributed by atoms with Crippen molar-refractivity contribution in [2.75, 3.05) is 5.32 Å². The molecule has 1 N–H and O–H groups in total. The maximum absolute atomic E-state index is 12.0. The highest BCUT2D eigenvalue weighted by Gasteiger charge is 2.10. The monoisotopic (exact) mass is 335 g/mol. The van der Waals surface area contributed by atoms with E-state index in [1.165, 1.54) is 10.2 Å². The molecular weight excluding hydrogens is 318 g/mol. The van der Waals surface area contributed by atoms with Crippen molar-refractivity contribution in [3.8, 4) is 0 Å². The van der Waals surface area contributed by atoms with Gasteiger partial charge in [-0.2, -0.15) is 5.10 Å². The van der Waals surface area contributed by atoms with Crippen LogP contribution in [0.2, 0.25) is 0 Å². The number of nitrogens with zero attached hydrogens (tertiary/aromatic N) is 2. The molecule has 0 spiro atoms. The number of anilines is 1. The van der Waals surface area contributed by atoms with Crippen molar-refractivity contribution in [3.05, 3.63) is 56.9 Å². The topological polar surface area (TPSA) is 46.9 Å². The SMILES string of the molecule is CCn1ncc(NC(C)Cc2ccccc2)c(Br)c1=O. The van der Waals surface area contributed by atoms with E-state index in [1.54, 1.807) is 6.20 Å². The molecule has 2 aromatic rings. The maximum Gasteiger partial charge on any atom is 0.283 e. The highest BCUT2D eigenvalue weighted by Crippen LogP contribution is 2.18. The second kappa shape index (κ2) is 6.70. The van der Waals surface area contributed by atoms with Crippen molar-refractivity contribution in [1.29, 1.82) is 0 Å². The number of halogens is 1. The molecule has 0 aliphatic carbocycles. The lowest BCUT2D eigenvalue weighted by molar-refractivity contribution is 0.611. The molecule has 1 aromatic heterocycles. The summed E-state index contributed by atoms with van der Waals surface area (Å²) in [6.07, 6.45) is 2.58. The van der Waals surface area contributed by atoms with Crippen molar-refractivity contribution >= 4 is 21.6 Å². The van der Waals surface area contributed by atoms with Gasteiger partial charge in [0.1, 0.15) is 4.47 Å². The summed E-state index contributed by atoms with van der Waals surface area (Å²) in [6, 6.07) is 10.5. The molecule has 0 radical (unpaired) electrons. The zero-order valence-electron chi connectivity index (χ0n) is 11.6. The van der Waals surface area contributed by atoms with Crippen LogP contribution in [0, 0.1) is 0 Å². The molecule has 1 atom stereocenters. The van der Waals surface area contributed by atoms with Crippen LogP contribution in [-0.2, 0) is 13.0 Å². The van der Waals surface area contributed by atoms with Crippen LogP contribution in [-0.4, -0.2) is 15.8 Å². The molecule has 0 aliphatic heterocycles. The van der Waals surface area contributed by atoms with Crippen LogP contribution in [0.15, 0.2) is 45.8 Å². The minimum atomic E-state index is -0.107. The molecule has 0 saturated carbocycles. The number of hydrogen-bond acceptors (Lipinski definition) is 3. The Kier molecular flexibility index (Phi) is 4.95. The number of nitrogens with one attached hydrogen (secondary N) is 1. The summed E-state index contributed by atoms with van der Waals surface area (Å²) in [5.74, 6) is 0. The molecule has 0 fully saturated rings. The van der Waals surface area contributed by atoms with Crippen LogP contribution in [0.5, 0.6) is 0 Å². The van der Waals surface area contributed by atoms with Gasteiger partial charge in [-0.25, -0.2) is 4.68 Å². The Balaban J connectivity index is 2.10. The molecule has 2 rings (SSSR count). The van der Waals surface area contributed by atoms with Gasteiger partial charge in [-0.3, -0.25) is 4.79 Å². The Labute approximate surface area is 127 Å². The first-order valence-corrected chi connectivity index (χ1v) is 7.47. The molecule has 4 nitrogen and oxygen atoms in total. The van der Waals surface area contributed by atoms with Gasteiger partial charge in [0, 0.05) is 12.6 Å². The second-order valence-corrected chi connectivity index (χ2v) is 5.52. The van der Waals surface area contributed by atoms with E-state index < -0.39 is 0 Å². The maximum atomic E-state index is 12.0. The van der Waals surface area contributed by atoms with E-state index in [2.05, 4.69) is 45.4 Å². The van der Waals surface area contributed by atoms with Crippen LogP contribution in [0.1, 0.15) is 19.4 Å². The molecule has 1 aromatic carbocycles. The number of rotatable bonds is 5. The summed E-state index contributed by atoms with van der Waals surface area (Å²) in [6.45, 7) is 4.55. The van der Waals surface area contributed by atoms with Crippen molar-refractivity contribution in [3.63, 3.8) is 0 Å². The third kappa shape index (κ3) is 3.48. The van der Waals surface area contributed by atoms with Gasteiger partial charge in [0.2, 0.25) is 0 Å². The molecule has 0 aliphatic rings. The molecule has 5 heteroatoms. The van der Waals surface area contributed by atoms with Gasteiger partial charge in [-0.05, 0) is 41.8 Å². The standard InChI is InChI=1S/C15H18BrN3O/c1-3-19-15(20)14(16)13(10-17-19)18-11(2)9-12-7-5-4-6-8-12/h4-8,10-11,18H,3,9H2,1-2H3. The lowest BCUT2D eigenvalue weighted by atomic mass is 10.1. The molecule has 1 heterocycles. The average molecular weight is 336 g/mol. The van der Waals surface area contributed by atoms with E-state index in [4.69, 9.17) is 0 Å². The number of benzene rings is 1. The lowest BCUT2D eigenvalue weighted by Crippen LogP contribution is -2.26. The van der Waals surface area contributed by atoms with Crippen LogP contribution in [0.3, 0.4) is 0 Å². The van der Waals surface area contributed by atoms with Crippen molar-refractivity contribution < 1.29 is 0 Å². The Morgan fingerprint density at radius 3 is 2.70 bits per heavy atom. The lowest BCUT2D eigenvalue weighted by Gasteiger charge is -2.16. The Bertz CT molecular complexity index is 625. The fraction of sp³-hybridized carbons (Fsp3) is 0.333. The van der Waals surface area contributed by atoms with Gasteiger partial charge in [0.25, 0.3) is 5.56 Å². The van der Waals surface area contributed by atoms with Crippen LogP contribution >= 0.6 is 15.9 Å². The summed E-state index contributed by atoms with van der Waals surface area (Å²) in [5.41, 5.74) is 1.89.